The van der Waals surface area contributed by atoms with Crippen molar-refractivity contribution in [3.05, 3.63) is 32.2 Å². The number of hydrogen-bond acceptors (Lipinski definition) is 2. The Morgan fingerprint density at radius 3 is 2.73 bits per heavy atom. The van der Waals surface area contributed by atoms with Gasteiger partial charge in [0.2, 0.25) is 0 Å². The summed E-state index contributed by atoms with van der Waals surface area (Å²) in [5.74, 6) is 0. The van der Waals surface area contributed by atoms with E-state index in [2.05, 4.69) is 55.4 Å². The summed E-state index contributed by atoms with van der Waals surface area (Å²) in [5.41, 5.74) is 1.33. The Bertz CT molecular complexity index is 431. The van der Waals surface area contributed by atoms with Gasteiger partial charge in [0.05, 0.1) is 3.79 Å². The lowest BCUT2D eigenvalue weighted by Gasteiger charge is -1.93. The molecule has 0 amide bonds. The average Bonchev–Trinajstić information content (AvgIpc) is 2.83. The van der Waals surface area contributed by atoms with Crippen molar-refractivity contribution < 1.29 is 0 Å². The molecular weight excluding hydrogens is 356 g/mol. The number of thiophene rings is 2. The summed E-state index contributed by atoms with van der Waals surface area (Å²) in [7, 11) is 0. The maximum absolute atomic E-state index is 3.58. The molecule has 0 bridgehead atoms. The van der Waals surface area contributed by atoms with Crippen LogP contribution in [0.15, 0.2) is 27.4 Å². The summed E-state index contributed by atoms with van der Waals surface area (Å²) >= 11 is 10.7. The molecule has 0 aromatic carbocycles. The van der Waals surface area contributed by atoms with Gasteiger partial charge in [-0.05, 0) is 52.4 Å². The van der Waals surface area contributed by atoms with Crippen molar-refractivity contribution in [3.63, 3.8) is 0 Å². The fourth-order valence-electron chi connectivity index (χ4n) is 1.37. The Labute approximate surface area is 115 Å². The van der Waals surface area contributed by atoms with E-state index in [9.17, 15) is 0 Å². The number of aryl methyl sites for hydroxylation is 1. The van der Waals surface area contributed by atoms with Crippen LogP contribution in [-0.2, 0) is 6.42 Å². The minimum atomic E-state index is 1.09. The quantitative estimate of drug-likeness (QED) is 0.621. The van der Waals surface area contributed by atoms with Crippen molar-refractivity contribution in [2.24, 2.45) is 0 Å². The molecule has 2 aromatic heterocycles. The molecule has 0 radical (unpaired) electrons. The molecule has 0 aliphatic carbocycles. The molecule has 0 unspecified atom stereocenters. The molecule has 15 heavy (non-hydrogen) atoms. The van der Waals surface area contributed by atoms with Gasteiger partial charge in [-0.15, -0.1) is 22.7 Å². The van der Waals surface area contributed by atoms with Gasteiger partial charge in [0.25, 0.3) is 0 Å². The SMILES string of the molecule is BrCCCc1ccc(-c2ccsc2Br)s1. The van der Waals surface area contributed by atoms with E-state index in [1.807, 2.05) is 11.3 Å². The summed E-state index contributed by atoms with van der Waals surface area (Å²) in [6.45, 7) is 0. The summed E-state index contributed by atoms with van der Waals surface area (Å²) in [5, 5.41) is 3.21. The van der Waals surface area contributed by atoms with Crippen LogP contribution in [0.2, 0.25) is 0 Å². The first-order valence-corrected chi connectivity index (χ1v) is 8.30. The number of hydrogen-bond donors (Lipinski definition) is 0. The smallest absolute Gasteiger partial charge is 0.0784 e. The van der Waals surface area contributed by atoms with Crippen molar-refractivity contribution in [1.29, 1.82) is 0 Å². The second-order valence-electron chi connectivity index (χ2n) is 3.17. The second-order valence-corrected chi connectivity index (χ2v) is 7.36. The van der Waals surface area contributed by atoms with Gasteiger partial charge in [-0.3, -0.25) is 0 Å². The van der Waals surface area contributed by atoms with E-state index < -0.39 is 0 Å². The first kappa shape index (κ1) is 11.8. The predicted octanol–water partition coefficient (Wildman–Crippen LogP) is 5.57. The molecule has 80 valence electrons. The van der Waals surface area contributed by atoms with Crippen molar-refractivity contribution in [1.82, 2.24) is 0 Å². The molecule has 0 fully saturated rings. The Morgan fingerprint density at radius 2 is 2.07 bits per heavy atom. The van der Waals surface area contributed by atoms with Gasteiger partial charge in [-0.2, -0.15) is 0 Å². The van der Waals surface area contributed by atoms with Crippen LogP contribution in [-0.4, -0.2) is 5.33 Å². The summed E-state index contributed by atoms with van der Waals surface area (Å²) < 4.78 is 1.23. The molecule has 0 saturated heterocycles. The zero-order chi connectivity index (χ0) is 10.7. The van der Waals surface area contributed by atoms with Crippen LogP contribution in [0.4, 0.5) is 0 Å². The highest BCUT2D eigenvalue weighted by Gasteiger charge is 2.07. The minimum absolute atomic E-state index is 1.09. The van der Waals surface area contributed by atoms with Gasteiger partial charge in [0.1, 0.15) is 0 Å². The van der Waals surface area contributed by atoms with Crippen molar-refractivity contribution in [2.75, 3.05) is 5.33 Å². The number of halogens is 2. The third-order valence-corrected chi connectivity index (χ3v) is 5.53. The monoisotopic (exact) mass is 364 g/mol. The summed E-state index contributed by atoms with van der Waals surface area (Å²) in [4.78, 5) is 2.84. The first-order chi connectivity index (χ1) is 7.31. The van der Waals surface area contributed by atoms with Gasteiger partial charge >= 0.3 is 0 Å². The molecule has 0 atom stereocenters. The van der Waals surface area contributed by atoms with Gasteiger partial charge in [-0.1, -0.05) is 15.9 Å². The summed E-state index contributed by atoms with van der Waals surface area (Å²) in [6.07, 6.45) is 2.39. The maximum Gasteiger partial charge on any atom is 0.0784 e. The molecule has 0 nitrogen and oxygen atoms in total. The predicted molar refractivity (Wildman–Crippen MR) is 77.4 cm³/mol. The Kier molecular flexibility index (Phi) is 4.43. The lowest BCUT2D eigenvalue weighted by atomic mass is 10.2. The van der Waals surface area contributed by atoms with Crippen LogP contribution in [0.5, 0.6) is 0 Å². The lowest BCUT2D eigenvalue weighted by Crippen LogP contribution is -1.79. The topological polar surface area (TPSA) is 0 Å². The number of rotatable bonds is 4. The molecule has 0 saturated carbocycles. The normalized spacial score (nSPS) is 10.8. The van der Waals surface area contributed by atoms with Gasteiger partial charge in [0, 0.05) is 20.6 Å². The van der Waals surface area contributed by atoms with Crippen LogP contribution in [0, 0.1) is 0 Å². The fraction of sp³-hybridized carbons (Fsp3) is 0.273. The van der Waals surface area contributed by atoms with E-state index in [4.69, 9.17) is 0 Å². The molecule has 4 heteroatoms. The van der Waals surface area contributed by atoms with Gasteiger partial charge in [-0.25, -0.2) is 0 Å². The van der Waals surface area contributed by atoms with Gasteiger partial charge < -0.3 is 0 Å². The standard InChI is InChI=1S/C11H10Br2S2/c12-6-1-2-8-3-4-10(15-8)9-5-7-14-11(9)13/h3-5,7H,1-2,6H2. The van der Waals surface area contributed by atoms with E-state index in [0.717, 1.165) is 5.33 Å². The van der Waals surface area contributed by atoms with Crippen LogP contribution in [0.1, 0.15) is 11.3 Å². The second kappa shape index (κ2) is 5.62. The minimum Gasteiger partial charge on any atom is -0.140 e. The number of alkyl halides is 1. The highest BCUT2D eigenvalue weighted by atomic mass is 79.9. The Hall–Kier alpha value is 0.360. The first-order valence-electron chi connectivity index (χ1n) is 4.69. The molecule has 2 heterocycles. The summed E-state index contributed by atoms with van der Waals surface area (Å²) in [6, 6.07) is 6.64. The molecule has 0 aliphatic heterocycles. The van der Waals surface area contributed by atoms with E-state index in [1.165, 1.54) is 31.9 Å². The Morgan fingerprint density at radius 1 is 1.20 bits per heavy atom. The zero-order valence-electron chi connectivity index (χ0n) is 8.00. The highest BCUT2D eigenvalue weighted by Crippen LogP contribution is 2.37. The Balaban J connectivity index is 2.17. The third-order valence-electron chi connectivity index (χ3n) is 2.10. The van der Waals surface area contributed by atoms with Crippen LogP contribution in [0.25, 0.3) is 10.4 Å². The zero-order valence-corrected chi connectivity index (χ0v) is 12.8. The maximum atomic E-state index is 3.58. The van der Waals surface area contributed by atoms with Crippen LogP contribution in [0.3, 0.4) is 0 Å². The van der Waals surface area contributed by atoms with Crippen molar-refractivity contribution in [2.45, 2.75) is 12.8 Å². The van der Waals surface area contributed by atoms with Crippen molar-refractivity contribution >= 4 is 54.5 Å². The highest BCUT2D eigenvalue weighted by molar-refractivity contribution is 9.11. The molecule has 2 aromatic rings. The van der Waals surface area contributed by atoms with E-state index >= 15 is 0 Å². The van der Waals surface area contributed by atoms with E-state index in [1.54, 1.807) is 11.3 Å². The molecular formula is C11H10Br2S2. The van der Waals surface area contributed by atoms with Crippen LogP contribution >= 0.6 is 54.5 Å². The lowest BCUT2D eigenvalue weighted by molar-refractivity contribution is 0.959. The fourth-order valence-corrected chi connectivity index (χ4v) is 4.22. The average molecular weight is 366 g/mol. The molecule has 0 aliphatic rings. The van der Waals surface area contributed by atoms with Crippen LogP contribution < -0.4 is 0 Å². The molecule has 0 spiro atoms. The van der Waals surface area contributed by atoms with Crippen molar-refractivity contribution in [3.8, 4) is 10.4 Å². The third kappa shape index (κ3) is 2.93. The van der Waals surface area contributed by atoms with E-state index in [-0.39, 0.29) is 0 Å². The van der Waals surface area contributed by atoms with Gasteiger partial charge in [0.15, 0.2) is 0 Å². The molecule has 2 rings (SSSR count). The van der Waals surface area contributed by atoms with E-state index in [0.29, 0.717) is 0 Å². The largest absolute Gasteiger partial charge is 0.140 e. The molecule has 0 N–H and O–H groups in total.